The highest BCUT2D eigenvalue weighted by Crippen LogP contribution is 2.35. The van der Waals surface area contributed by atoms with Crippen LogP contribution in [0, 0.1) is 0 Å². The Balaban J connectivity index is 2.55. The molecule has 0 bridgehead atoms. The minimum absolute atomic E-state index is 0.397. The van der Waals surface area contributed by atoms with E-state index in [4.69, 9.17) is 0 Å². The Bertz CT molecular complexity index is 467. The van der Waals surface area contributed by atoms with Gasteiger partial charge in [0.15, 0.2) is 0 Å². The smallest absolute Gasteiger partial charge is 0.391 e. The lowest BCUT2D eigenvalue weighted by molar-refractivity contribution is -0.145. The molecule has 0 spiro atoms. The Morgan fingerprint density at radius 3 is 2.53 bits per heavy atom. The molecule has 0 amide bonds. The molecule has 0 saturated heterocycles. The number of pyridine rings is 1. The Hall–Kier alpha value is -1.30. The molecule has 1 aliphatic rings. The van der Waals surface area contributed by atoms with Gasteiger partial charge in [-0.25, -0.2) is 0 Å². The third-order valence-electron chi connectivity index (χ3n) is 3.06. The quantitative estimate of drug-likeness (QED) is 0.824. The van der Waals surface area contributed by atoms with E-state index in [2.05, 4.69) is 0 Å². The highest BCUT2D eigenvalue weighted by molar-refractivity contribution is 5.12. The van der Waals surface area contributed by atoms with Crippen LogP contribution in [0.1, 0.15) is 31.0 Å². The van der Waals surface area contributed by atoms with E-state index >= 15 is 0 Å². The van der Waals surface area contributed by atoms with Crippen molar-refractivity contribution in [1.82, 2.24) is 4.57 Å². The molecule has 1 aromatic heterocycles. The molecule has 0 aliphatic heterocycles. The molecule has 17 heavy (non-hydrogen) atoms. The highest BCUT2D eigenvalue weighted by atomic mass is 19.4. The van der Waals surface area contributed by atoms with Crippen LogP contribution in [0.15, 0.2) is 23.0 Å². The first-order chi connectivity index (χ1) is 7.91. The number of aromatic nitrogens is 1. The van der Waals surface area contributed by atoms with Crippen LogP contribution >= 0.6 is 0 Å². The summed E-state index contributed by atoms with van der Waals surface area (Å²) in [6.45, 7) is 0. The van der Waals surface area contributed by atoms with Gasteiger partial charge >= 0.3 is 6.18 Å². The number of aliphatic hydroxyl groups excluding tert-OH is 1. The number of hydrogen-bond donors (Lipinski definition) is 1. The number of alkyl halides is 3. The van der Waals surface area contributed by atoms with Crippen molar-refractivity contribution in [3.8, 4) is 0 Å². The normalized spacial score (nSPS) is 25.2. The summed E-state index contributed by atoms with van der Waals surface area (Å²) in [5, 5.41) is 9.63. The summed E-state index contributed by atoms with van der Waals surface area (Å²) in [4.78, 5) is 11.6. The molecule has 0 unspecified atom stereocenters. The molecule has 94 valence electrons. The van der Waals surface area contributed by atoms with Gasteiger partial charge in [-0.05, 0) is 25.3 Å². The molecule has 1 aliphatic carbocycles. The van der Waals surface area contributed by atoms with E-state index in [0.717, 1.165) is 18.2 Å². The van der Waals surface area contributed by atoms with E-state index in [1.807, 2.05) is 0 Å². The zero-order valence-electron chi connectivity index (χ0n) is 8.94. The average Bonchev–Trinajstić information content (AvgIpc) is 2.62. The van der Waals surface area contributed by atoms with E-state index in [1.54, 1.807) is 0 Å². The Morgan fingerprint density at radius 2 is 2.00 bits per heavy atom. The molecule has 0 radical (unpaired) electrons. The van der Waals surface area contributed by atoms with Crippen molar-refractivity contribution in [2.75, 3.05) is 0 Å². The maximum atomic E-state index is 12.8. The molecule has 1 N–H and O–H groups in total. The molecule has 6 heteroatoms. The maximum absolute atomic E-state index is 12.8. The van der Waals surface area contributed by atoms with Gasteiger partial charge in [-0.15, -0.1) is 0 Å². The van der Waals surface area contributed by atoms with Gasteiger partial charge in [-0.1, -0.05) is 6.07 Å². The standard InChI is InChI=1S/C11H12F3NO2/c12-11(13,14)9-5-2-6-10(17)15(9)7-3-1-4-8(7)16/h2,5-8,16H,1,3-4H2/t7-,8-/m0/s1. The van der Waals surface area contributed by atoms with Gasteiger partial charge in [0.2, 0.25) is 0 Å². The topological polar surface area (TPSA) is 42.2 Å². The van der Waals surface area contributed by atoms with Crippen molar-refractivity contribution in [1.29, 1.82) is 0 Å². The number of nitrogens with zero attached hydrogens (tertiary/aromatic N) is 1. The maximum Gasteiger partial charge on any atom is 0.431 e. The van der Waals surface area contributed by atoms with Gasteiger partial charge in [-0.2, -0.15) is 13.2 Å². The van der Waals surface area contributed by atoms with Gasteiger partial charge in [0.05, 0.1) is 12.1 Å². The molecule has 1 fully saturated rings. The second kappa shape index (κ2) is 4.18. The van der Waals surface area contributed by atoms with Gasteiger partial charge in [0.25, 0.3) is 5.56 Å². The van der Waals surface area contributed by atoms with Gasteiger partial charge < -0.3 is 5.11 Å². The van der Waals surface area contributed by atoms with E-state index < -0.39 is 29.6 Å². The predicted molar refractivity (Wildman–Crippen MR) is 54.6 cm³/mol. The van der Waals surface area contributed by atoms with E-state index in [1.165, 1.54) is 0 Å². The van der Waals surface area contributed by atoms with Crippen LogP contribution in [-0.2, 0) is 6.18 Å². The largest absolute Gasteiger partial charge is 0.431 e. The second-order valence-electron chi connectivity index (χ2n) is 4.18. The summed E-state index contributed by atoms with van der Waals surface area (Å²) >= 11 is 0. The Morgan fingerprint density at radius 1 is 1.29 bits per heavy atom. The summed E-state index contributed by atoms with van der Waals surface area (Å²) in [5.41, 5.74) is -1.71. The zero-order valence-corrected chi connectivity index (χ0v) is 8.94. The summed E-state index contributed by atoms with van der Waals surface area (Å²) in [7, 11) is 0. The van der Waals surface area contributed by atoms with Crippen LogP contribution in [-0.4, -0.2) is 15.8 Å². The third-order valence-corrected chi connectivity index (χ3v) is 3.06. The first kappa shape index (κ1) is 12.2. The minimum atomic E-state index is -4.58. The fraction of sp³-hybridized carbons (Fsp3) is 0.545. The van der Waals surface area contributed by atoms with E-state index in [9.17, 15) is 23.1 Å². The fourth-order valence-corrected chi connectivity index (χ4v) is 2.30. The highest BCUT2D eigenvalue weighted by Gasteiger charge is 2.38. The first-order valence-electron chi connectivity index (χ1n) is 5.38. The summed E-state index contributed by atoms with van der Waals surface area (Å²) in [6, 6.07) is 2.27. The SMILES string of the molecule is O=c1cccc(C(F)(F)F)n1[C@H]1CCC[C@@H]1O. The van der Waals surface area contributed by atoms with E-state index in [-0.39, 0.29) is 0 Å². The molecular weight excluding hydrogens is 235 g/mol. The molecule has 3 nitrogen and oxygen atoms in total. The van der Waals surface area contributed by atoms with Crippen LogP contribution in [0.5, 0.6) is 0 Å². The fourth-order valence-electron chi connectivity index (χ4n) is 2.30. The van der Waals surface area contributed by atoms with Crippen molar-refractivity contribution in [3.63, 3.8) is 0 Å². The van der Waals surface area contributed by atoms with Gasteiger partial charge in [-0.3, -0.25) is 9.36 Å². The van der Waals surface area contributed by atoms with Crippen molar-refractivity contribution >= 4 is 0 Å². The molecule has 0 aromatic carbocycles. The van der Waals surface area contributed by atoms with Gasteiger partial charge in [0, 0.05) is 6.07 Å². The van der Waals surface area contributed by atoms with Crippen LogP contribution < -0.4 is 5.56 Å². The lowest BCUT2D eigenvalue weighted by atomic mass is 10.2. The lowest BCUT2D eigenvalue weighted by Crippen LogP contribution is -2.34. The number of hydrogen-bond acceptors (Lipinski definition) is 2. The van der Waals surface area contributed by atoms with Crippen LogP contribution in [0.25, 0.3) is 0 Å². The van der Waals surface area contributed by atoms with Crippen molar-refractivity contribution in [3.05, 3.63) is 34.2 Å². The van der Waals surface area contributed by atoms with Crippen molar-refractivity contribution in [2.45, 2.75) is 37.6 Å². The van der Waals surface area contributed by atoms with Crippen molar-refractivity contribution in [2.24, 2.45) is 0 Å². The molecule has 2 rings (SSSR count). The van der Waals surface area contributed by atoms with Crippen LogP contribution in [0.3, 0.4) is 0 Å². The van der Waals surface area contributed by atoms with Crippen molar-refractivity contribution < 1.29 is 18.3 Å². The third kappa shape index (κ3) is 2.22. The molecule has 1 saturated carbocycles. The zero-order chi connectivity index (χ0) is 12.6. The summed E-state index contributed by atoms with van der Waals surface area (Å²) in [6.07, 6.45) is -4.00. The Kier molecular flexibility index (Phi) is 2.99. The lowest BCUT2D eigenvalue weighted by Gasteiger charge is -2.22. The summed E-state index contributed by atoms with van der Waals surface area (Å²) in [5.74, 6) is 0. The minimum Gasteiger partial charge on any atom is -0.391 e. The Labute approximate surface area is 95.5 Å². The molecule has 1 aromatic rings. The molecular formula is C11H12F3NO2. The number of rotatable bonds is 1. The average molecular weight is 247 g/mol. The number of aliphatic hydroxyl groups is 1. The number of halogens is 3. The first-order valence-corrected chi connectivity index (χ1v) is 5.38. The monoisotopic (exact) mass is 247 g/mol. The predicted octanol–water partition coefficient (Wildman–Crippen LogP) is 1.95. The van der Waals surface area contributed by atoms with Gasteiger partial charge in [0.1, 0.15) is 5.69 Å². The van der Waals surface area contributed by atoms with E-state index in [0.29, 0.717) is 23.8 Å². The molecule has 2 atom stereocenters. The van der Waals surface area contributed by atoms with Crippen LogP contribution in [0.2, 0.25) is 0 Å². The summed E-state index contributed by atoms with van der Waals surface area (Å²) < 4.78 is 39.0. The van der Waals surface area contributed by atoms with Crippen LogP contribution in [0.4, 0.5) is 13.2 Å². The second-order valence-corrected chi connectivity index (χ2v) is 4.18. The molecule has 1 heterocycles.